The van der Waals surface area contributed by atoms with E-state index in [4.69, 9.17) is 4.74 Å². The number of aromatic nitrogens is 2. The van der Waals surface area contributed by atoms with Crippen LogP contribution in [0.3, 0.4) is 0 Å². The monoisotopic (exact) mass is 485 g/mol. The van der Waals surface area contributed by atoms with Crippen LogP contribution in [0.2, 0.25) is 0 Å². The second kappa shape index (κ2) is 9.90. The lowest BCUT2D eigenvalue weighted by Gasteiger charge is -2.51. The number of nitrogens with zero attached hydrogens (tertiary/aromatic N) is 5. The highest BCUT2D eigenvalue weighted by molar-refractivity contribution is 5.78. The highest BCUT2D eigenvalue weighted by Gasteiger charge is 2.54. The van der Waals surface area contributed by atoms with Gasteiger partial charge < -0.3 is 14.5 Å². The van der Waals surface area contributed by atoms with Crippen LogP contribution in [0.15, 0.2) is 73.2 Å². The first-order chi connectivity index (χ1) is 17.5. The molecule has 1 aromatic heterocycles. The third-order valence-electron chi connectivity index (χ3n) is 8.23. The van der Waals surface area contributed by atoms with Crippen LogP contribution < -0.4 is 4.74 Å². The molecule has 0 radical (unpaired) electrons. The number of urea groups is 1. The van der Waals surface area contributed by atoms with Gasteiger partial charge in [-0.05, 0) is 69.1 Å². The van der Waals surface area contributed by atoms with Gasteiger partial charge in [0.2, 0.25) is 0 Å². The lowest BCUT2D eigenvalue weighted by molar-refractivity contribution is 0.0218. The van der Waals surface area contributed by atoms with Crippen molar-refractivity contribution in [3.05, 3.63) is 90.0 Å². The Morgan fingerprint density at radius 2 is 1.67 bits per heavy atom. The van der Waals surface area contributed by atoms with E-state index in [0.717, 1.165) is 49.2 Å². The molecule has 1 saturated carbocycles. The number of hydrogen-bond acceptors (Lipinski definition) is 5. The summed E-state index contributed by atoms with van der Waals surface area (Å²) in [5.74, 6) is 0.821. The molecule has 0 N–H and O–H groups in total. The molecule has 7 heteroatoms. The van der Waals surface area contributed by atoms with Crippen molar-refractivity contribution in [2.45, 2.75) is 49.9 Å². The van der Waals surface area contributed by atoms with Gasteiger partial charge in [0.25, 0.3) is 0 Å². The molecule has 36 heavy (non-hydrogen) atoms. The number of ether oxygens (including phenoxy) is 1. The van der Waals surface area contributed by atoms with E-state index in [1.807, 2.05) is 35.2 Å². The Balaban J connectivity index is 1.43. The Labute approximate surface area is 213 Å². The van der Waals surface area contributed by atoms with Crippen molar-refractivity contribution in [2.24, 2.45) is 0 Å². The summed E-state index contributed by atoms with van der Waals surface area (Å²) in [6.07, 6.45) is 7.18. The van der Waals surface area contributed by atoms with Gasteiger partial charge in [-0.15, -0.1) is 0 Å². The summed E-state index contributed by atoms with van der Waals surface area (Å²) in [5, 5.41) is 0. The summed E-state index contributed by atoms with van der Waals surface area (Å²) in [6.45, 7) is 1.81. The van der Waals surface area contributed by atoms with E-state index in [1.165, 1.54) is 5.56 Å². The summed E-state index contributed by atoms with van der Waals surface area (Å²) < 4.78 is 5.30. The molecule has 7 nitrogen and oxygen atoms in total. The van der Waals surface area contributed by atoms with Crippen molar-refractivity contribution in [2.75, 3.05) is 27.7 Å². The Hall–Kier alpha value is -3.45. The average molecular weight is 486 g/mol. The molecule has 0 atom stereocenters. The van der Waals surface area contributed by atoms with E-state index in [2.05, 4.69) is 64.2 Å². The van der Waals surface area contributed by atoms with Crippen molar-refractivity contribution in [3.8, 4) is 5.75 Å². The SMILES string of the molecule is COc1ccc(CN2CC3(CCC(c4ccccc4)(N(C)C)CC3)N(Cc3ccncn3)C2=O)cc1. The molecule has 0 unspecified atom stereocenters. The third-order valence-corrected chi connectivity index (χ3v) is 8.23. The first-order valence-corrected chi connectivity index (χ1v) is 12.6. The van der Waals surface area contributed by atoms with Crippen molar-refractivity contribution in [1.29, 1.82) is 0 Å². The first-order valence-electron chi connectivity index (χ1n) is 12.6. The smallest absolute Gasteiger partial charge is 0.321 e. The number of methoxy groups -OCH3 is 1. The van der Waals surface area contributed by atoms with Gasteiger partial charge in [0.1, 0.15) is 12.1 Å². The average Bonchev–Trinajstić information content (AvgIpc) is 3.16. The quantitative estimate of drug-likeness (QED) is 0.486. The van der Waals surface area contributed by atoms with Gasteiger partial charge >= 0.3 is 6.03 Å². The molecule has 1 spiro atoms. The second-order valence-corrected chi connectivity index (χ2v) is 10.3. The summed E-state index contributed by atoms with van der Waals surface area (Å²) in [5.41, 5.74) is 3.08. The topological polar surface area (TPSA) is 61.8 Å². The number of amides is 2. The van der Waals surface area contributed by atoms with Gasteiger partial charge in [-0.1, -0.05) is 42.5 Å². The molecule has 2 aromatic carbocycles. The van der Waals surface area contributed by atoms with E-state index in [1.54, 1.807) is 19.6 Å². The van der Waals surface area contributed by atoms with E-state index < -0.39 is 0 Å². The highest BCUT2D eigenvalue weighted by Crippen LogP contribution is 2.49. The summed E-state index contributed by atoms with van der Waals surface area (Å²) in [4.78, 5) is 28.8. The minimum Gasteiger partial charge on any atom is -0.497 e. The molecule has 2 amide bonds. The molecule has 2 aliphatic rings. The molecular formula is C29H35N5O2. The van der Waals surface area contributed by atoms with Crippen LogP contribution in [0.4, 0.5) is 4.79 Å². The van der Waals surface area contributed by atoms with Crippen LogP contribution in [0.5, 0.6) is 5.75 Å². The third kappa shape index (κ3) is 4.44. The maximum Gasteiger partial charge on any atom is 0.321 e. The first kappa shape index (κ1) is 24.3. The predicted molar refractivity (Wildman–Crippen MR) is 139 cm³/mol. The van der Waals surface area contributed by atoms with Gasteiger partial charge in [-0.3, -0.25) is 4.90 Å². The molecule has 2 fully saturated rings. The lowest BCUT2D eigenvalue weighted by atomic mass is 9.68. The van der Waals surface area contributed by atoms with Crippen LogP contribution in [-0.4, -0.2) is 64.0 Å². The summed E-state index contributed by atoms with van der Waals surface area (Å²) in [7, 11) is 6.03. The van der Waals surface area contributed by atoms with Gasteiger partial charge in [-0.2, -0.15) is 0 Å². The second-order valence-electron chi connectivity index (χ2n) is 10.3. The van der Waals surface area contributed by atoms with E-state index >= 15 is 0 Å². The highest BCUT2D eigenvalue weighted by atomic mass is 16.5. The Morgan fingerprint density at radius 1 is 0.944 bits per heavy atom. The van der Waals surface area contributed by atoms with Crippen molar-refractivity contribution in [1.82, 2.24) is 24.7 Å². The van der Waals surface area contributed by atoms with Crippen LogP contribution in [0.1, 0.15) is 42.5 Å². The Bertz CT molecular complexity index is 1160. The molecule has 0 bridgehead atoms. The van der Waals surface area contributed by atoms with Crippen LogP contribution in [0, 0.1) is 0 Å². The van der Waals surface area contributed by atoms with Crippen LogP contribution >= 0.6 is 0 Å². The fourth-order valence-corrected chi connectivity index (χ4v) is 6.07. The Morgan fingerprint density at radius 3 is 2.28 bits per heavy atom. The van der Waals surface area contributed by atoms with E-state index in [0.29, 0.717) is 13.1 Å². The molecule has 2 heterocycles. The van der Waals surface area contributed by atoms with Gasteiger partial charge in [0, 0.05) is 24.8 Å². The standard InChI is InChI=1S/C29H35N5O2/c1-32(2)29(24-7-5-4-6-8-24)16-14-28(15-17-29)21-33(19-23-9-11-26(36-3)12-10-23)27(35)34(28)20-25-13-18-30-22-31-25/h4-13,18,22H,14-17,19-21H2,1-3H3. The molecular weight excluding hydrogens is 450 g/mol. The number of rotatable bonds is 7. The van der Waals surface area contributed by atoms with Gasteiger partial charge in [0.15, 0.2) is 0 Å². The minimum absolute atomic E-state index is 0.0282. The maximum atomic E-state index is 13.8. The summed E-state index contributed by atoms with van der Waals surface area (Å²) in [6, 6.07) is 20.8. The molecule has 1 aliphatic carbocycles. The van der Waals surface area contributed by atoms with Crippen molar-refractivity contribution < 1.29 is 9.53 Å². The van der Waals surface area contributed by atoms with E-state index in [9.17, 15) is 4.79 Å². The van der Waals surface area contributed by atoms with Crippen LogP contribution in [-0.2, 0) is 18.6 Å². The minimum atomic E-state index is -0.219. The van der Waals surface area contributed by atoms with Crippen molar-refractivity contribution >= 4 is 6.03 Å². The fraction of sp³-hybridized carbons (Fsp3) is 0.414. The Kier molecular flexibility index (Phi) is 6.67. The number of benzene rings is 2. The van der Waals surface area contributed by atoms with Gasteiger partial charge in [0.05, 0.1) is 24.9 Å². The maximum absolute atomic E-state index is 13.8. The molecule has 1 saturated heterocycles. The number of carbonyl (C=O) groups is 1. The molecule has 1 aliphatic heterocycles. The number of carbonyl (C=O) groups excluding carboxylic acids is 1. The zero-order valence-electron chi connectivity index (χ0n) is 21.4. The van der Waals surface area contributed by atoms with E-state index in [-0.39, 0.29) is 17.1 Å². The largest absolute Gasteiger partial charge is 0.497 e. The molecule has 188 valence electrons. The summed E-state index contributed by atoms with van der Waals surface area (Å²) >= 11 is 0. The fourth-order valence-electron chi connectivity index (χ4n) is 6.07. The molecule has 3 aromatic rings. The van der Waals surface area contributed by atoms with Gasteiger partial charge in [-0.25, -0.2) is 14.8 Å². The number of hydrogen-bond donors (Lipinski definition) is 0. The zero-order chi connectivity index (χ0) is 25.2. The zero-order valence-corrected chi connectivity index (χ0v) is 21.4. The van der Waals surface area contributed by atoms with Crippen molar-refractivity contribution in [3.63, 3.8) is 0 Å². The van der Waals surface area contributed by atoms with Crippen LogP contribution in [0.25, 0.3) is 0 Å². The normalized spacial score (nSPS) is 24.1. The lowest BCUT2D eigenvalue weighted by Crippen LogP contribution is -2.55. The predicted octanol–water partition coefficient (Wildman–Crippen LogP) is 4.69. The molecule has 5 rings (SSSR count).